The lowest BCUT2D eigenvalue weighted by Crippen LogP contribution is -2.11. The number of nitrogens with two attached hydrogens (primary N) is 1. The highest BCUT2D eigenvalue weighted by Gasteiger charge is 2.11. The Morgan fingerprint density at radius 2 is 1.93 bits per heavy atom. The highest BCUT2D eigenvalue weighted by Crippen LogP contribution is 2.35. The van der Waals surface area contributed by atoms with Crippen LogP contribution >= 0.6 is 11.3 Å². The van der Waals surface area contributed by atoms with Gasteiger partial charge in [0.2, 0.25) is 5.91 Å². The number of thiophene rings is 1. The molecule has 0 radical (unpaired) electrons. The molecule has 0 bridgehead atoms. The van der Waals surface area contributed by atoms with E-state index in [9.17, 15) is 9.18 Å². The maximum absolute atomic E-state index is 13.2. The molecule has 2 aromatic heterocycles. The van der Waals surface area contributed by atoms with Gasteiger partial charge in [0.25, 0.3) is 0 Å². The molecular weight excluding hydrogens is 363 g/mol. The van der Waals surface area contributed by atoms with Gasteiger partial charge in [-0.15, -0.1) is 11.3 Å². The first kappa shape index (κ1) is 17.1. The number of rotatable bonds is 5. The average molecular weight is 378 g/mol. The predicted octanol–water partition coefficient (Wildman–Crippen LogP) is 4.21. The first-order valence-electron chi connectivity index (χ1n) is 8.23. The zero-order valence-electron chi connectivity index (χ0n) is 14.1. The lowest BCUT2D eigenvalue weighted by molar-refractivity contribution is 0.1000. The van der Waals surface area contributed by atoms with Crippen LogP contribution in [0.3, 0.4) is 0 Å². The summed E-state index contributed by atoms with van der Waals surface area (Å²) in [6, 6.07) is 15.5. The van der Waals surface area contributed by atoms with Crippen LogP contribution in [0.15, 0.2) is 60.9 Å². The van der Waals surface area contributed by atoms with Crippen LogP contribution in [0.2, 0.25) is 0 Å². The number of carbonyl (C=O) groups excluding carboxylic acids is 1. The van der Waals surface area contributed by atoms with Crippen molar-refractivity contribution in [3.8, 4) is 10.4 Å². The molecule has 0 aliphatic carbocycles. The third-order valence-electron chi connectivity index (χ3n) is 4.11. The van der Waals surface area contributed by atoms with Crippen molar-refractivity contribution in [1.29, 1.82) is 0 Å². The Balaban J connectivity index is 1.61. The van der Waals surface area contributed by atoms with Crippen LogP contribution < -0.4 is 11.1 Å². The van der Waals surface area contributed by atoms with Crippen LogP contribution in [-0.4, -0.2) is 15.9 Å². The molecule has 0 saturated carbocycles. The van der Waals surface area contributed by atoms with E-state index in [4.69, 9.17) is 5.73 Å². The summed E-state index contributed by atoms with van der Waals surface area (Å²) < 4.78 is 14.1. The summed E-state index contributed by atoms with van der Waals surface area (Å²) in [5.74, 6) is -0.00786. The Bertz CT molecular complexity index is 1120. The summed E-state index contributed by atoms with van der Waals surface area (Å²) >= 11 is 1.54. The molecule has 0 aliphatic rings. The fraction of sp³-hybridized carbons (Fsp3) is 0.0500. The Hall–Kier alpha value is -3.32. The predicted molar refractivity (Wildman–Crippen MR) is 105 cm³/mol. The van der Waals surface area contributed by atoms with E-state index in [-0.39, 0.29) is 5.82 Å². The van der Waals surface area contributed by atoms with Crippen molar-refractivity contribution in [2.24, 2.45) is 5.73 Å². The number of halogens is 1. The summed E-state index contributed by atoms with van der Waals surface area (Å²) in [5, 5.41) is 3.29. The van der Waals surface area contributed by atoms with Gasteiger partial charge in [-0.25, -0.2) is 14.4 Å². The van der Waals surface area contributed by atoms with Gasteiger partial charge in [-0.05, 0) is 41.5 Å². The highest BCUT2D eigenvalue weighted by molar-refractivity contribution is 7.22. The molecule has 4 rings (SSSR count). The molecular formula is C20H15FN4OS. The number of hydrogen-bond donors (Lipinski definition) is 2. The van der Waals surface area contributed by atoms with E-state index in [1.165, 1.54) is 18.5 Å². The minimum absolute atomic E-state index is 0.264. The first-order chi connectivity index (χ1) is 13.1. The molecule has 0 spiro atoms. The van der Waals surface area contributed by atoms with Crippen molar-refractivity contribution >= 4 is 33.3 Å². The van der Waals surface area contributed by atoms with Gasteiger partial charge >= 0.3 is 0 Å². The lowest BCUT2D eigenvalue weighted by Gasteiger charge is -2.07. The standard InChI is InChI=1S/C20H15FN4OS/c21-15-6-4-13(5-7-15)17-9-16-18(27-17)20(25-11-24-16)23-10-12-2-1-3-14(8-12)19(22)26/h1-9,11H,10H2,(H2,22,26)(H,23,24,25). The Labute approximate surface area is 158 Å². The van der Waals surface area contributed by atoms with Crippen LogP contribution in [0.1, 0.15) is 15.9 Å². The van der Waals surface area contributed by atoms with Gasteiger partial charge in [0.15, 0.2) is 0 Å². The summed E-state index contributed by atoms with van der Waals surface area (Å²) in [4.78, 5) is 21.0. The molecule has 7 heteroatoms. The monoisotopic (exact) mass is 378 g/mol. The molecule has 0 atom stereocenters. The minimum Gasteiger partial charge on any atom is -0.366 e. The fourth-order valence-corrected chi connectivity index (χ4v) is 3.84. The first-order valence-corrected chi connectivity index (χ1v) is 9.05. The number of carbonyl (C=O) groups is 1. The number of primary amides is 1. The molecule has 0 fully saturated rings. The number of fused-ring (bicyclic) bond motifs is 1. The smallest absolute Gasteiger partial charge is 0.248 e. The molecule has 5 nitrogen and oxygen atoms in total. The average Bonchev–Trinajstić information content (AvgIpc) is 3.12. The van der Waals surface area contributed by atoms with E-state index in [1.807, 2.05) is 12.1 Å². The maximum Gasteiger partial charge on any atom is 0.248 e. The van der Waals surface area contributed by atoms with Crippen LogP contribution in [0, 0.1) is 5.82 Å². The molecule has 3 N–H and O–H groups in total. The second-order valence-electron chi connectivity index (χ2n) is 5.97. The third-order valence-corrected chi connectivity index (χ3v) is 5.29. The summed E-state index contributed by atoms with van der Waals surface area (Å²) in [6.07, 6.45) is 1.51. The SMILES string of the molecule is NC(=O)c1cccc(CNc2ncnc3cc(-c4ccc(F)cc4)sc23)c1. The number of benzene rings is 2. The van der Waals surface area contributed by atoms with E-state index in [0.29, 0.717) is 17.9 Å². The van der Waals surface area contributed by atoms with E-state index < -0.39 is 5.91 Å². The number of aromatic nitrogens is 2. The van der Waals surface area contributed by atoms with E-state index in [1.54, 1.807) is 41.7 Å². The summed E-state index contributed by atoms with van der Waals surface area (Å²) in [7, 11) is 0. The van der Waals surface area contributed by atoms with Crippen LogP contribution in [0.5, 0.6) is 0 Å². The van der Waals surface area contributed by atoms with Gasteiger partial charge in [0.1, 0.15) is 18.0 Å². The van der Waals surface area contributed by atoms with Crippen molar-refractivity contribution in [3.63, 3.8) is 0 Å². The number of amides is 1. The van der Waals surface area contributed by atoms with Gasteiger partial charge in [0, 0.05) is 17.0 Å². The Kier molecular flexibility index (Phi) is 4.52. The van der Waals surface area contributed by atoms with Gasteiger partial charge in [-0.3, -0.25) is 4.79 Å². The van der Waals surface area contributed by atoms with Gasteiger partial charge < -0.3 is 11.1 Å². The Morgan fingerprint density at radius 3 is 2.70 bits per heavy atom. The lowest BCUT2D eigenvalue weighted by atomic mass is 10.1. The fourth-order valence-electron chi connectivity index (χ4n) is 2.76. The van der Waals surface area contributed by atoms with Crippen molar-refractivity contribution in [1.82, 2.24) is 9.97 Å². The molecule has 0 saturated heterocycles. The summed E-state index contributed by atoms with van der Waals surface area (Å²) in [6.45, 7) is 0.497. The van der Waals surface area contributed by atoms with Gasteiger partial charge in [-0.1, -0.05) is 24.3 Å². The van der Waals surface area contributed by atoms with E-state index in [2.05, 4.69) is 15.3 Å². The molecule has 27 heavy (non-hydrogen) atoms. The second kappa shape index (κ2) is 7.13. The molecule has 4 aromatic rings. The maximum atomic E-state index is 13.2. The second-order valence-corrected chi connectivity index (χ2v) is 7.02. The largest absolute Gasteiger partial charge is 0.366 e. The van der Waals surface area contributed by atoms with Gasteiger partial charge in [0.05, 0.1) is 10.2 Å². The molecule has 134 valence electrons. The molecule has 2 heterocycles. The molecule has 1 amide bonds. The topological polar surface area (TPSA) is 80.9 Å². The zero-order chi connectivity index (χ0) is 18.8. The normalized spacial score (nSPS) is 10.9. The number of nitrogens with zero attached hydrogens (tertiary/aromatic N) is 2. The quantitative estimate of drug-likeness (QED) is 0.545. The van der Waals surface area contributed by atoms with Gasteiger partial charge in [-0.2, -0.15) is 0 Å². The van der Waals surface area contributed by atoms with E-state index >= 15 is 0 Å². The van der Waals surface area contributed by atoms with Crippen molar-refractivity contribution < 1.29 is 9.18 Å². The van der Waals surface area contributed by atoms with Crippen LogP contribution in [0.25, 0.3) is 20.7 Å². The Morgan fingerprint density at radius 1 is 1.11 bits per heavy atom. The van der Waals surface area contributed by atoms with Crippen molar-refractivity contribution in [2.45, 2.75) is 6.54 Å². The number of anilines is 1. The minimum atomic E-state index is -0.455. The van der Waals surface area contributed by atoms with Crippen LogP contribution in [0.4, 0.5) is 10.2 Å². The number of hydrogen-bond acceptors (Lipinski definition) is 5. The number of nitrogens with one attached hydrogen (secondary N) is 1. The van der Waals surface area contributed by atoms with Crippen molar-refractivity contribution in [2.75, 3.05) is 5.32 Å². The molecule has 2 aromatic carbocycles. The highest BCUT2D eigenvalue weighted by atomic mass is 32.1. The molecule has 0 aliphatic heterocycles. The molecule has 0 unspecified atom stereocenters. The third kappa shape index (κ3) is 3.63. The van der Waals surface area contributed by atoms with Crippen molar-refractivity contribution in [3.05, 3.63) is 77.9 Å². The van der Waals surface area contributed by atoms with E-state index in [0.717, 1.165) is 26.2 Å². The van der Waals surface area contributed by atoms with Crippen LogP contribution in [-0.2, 0) is 6.54 Å². The zero-order valence-corrected chi connectivity index (χ0v) is 15.0. The summed E-state index contributed by atoms with van der Waals surface area (Å²) in [5.41, 5.74) is 8.48.